The smallest absolute Gasteiger partial charge is 0.00766 e. The summed E-state index contributed by atoms with van der Waals surface area (Å²) >= 11 is 0. The fourth-order valence-electron chi connectivity index (χ4n) is 3.48. The average Bonchev–Trinajstić information content (AvgIpc) is 2.33. The minimum absolute atomic E-state index is 0.752. The van der Waals surface area contributed by atoms with Crippen LogP contribution in [-0.2, 0) is 0 Å². The zero-order valence-electron chi connectivity index (χ0n) is 12.3. The quantitative estimate of drug-likeness (QED) is 0.827. The van der Waals surface area contributed by atoms with Gasteiger partial charge in [-0.1, -0.05) is 6.92 Å². The van der Waals surface area contributed by atoms with Crippen LogP contribution in [0, 0.1) is 5.92 Å². The number of likely N-dealkylation sites (tertiary alicyclic amines) is 1. The average molecular weight is 253 g/mol. The van der Waals surface area contributed by atoms with Gasteiger partial charge in [0.2, 0.25) is 0 Å². The van der Waals surface area contributed by atoms with Crippen LogP contribution in [-0.4, -0.2) is 62.2 Å². The molecule has 0 bridgehead atoms. The largest absolute Gasteiger partial charge is 0.314 e. The Hall–Kier alpha value is -0.120. The maximum atomic E-state index is 3.67. The van der Waals surface area contributed by atoms with Crippen molar-refractivity contribution in [3.63, 3.8) is 0 Å². The van der Waals surface area contributed by atoms with Crippen molar-refractivity contribution in [1.82, 2.24) is 15.1 Å². The Morgan fingerprint density at radius 2 is 2.00 bits per heavy atom. The maximum absolute atomic E-state index is 3.67. The van der Waals surface area contributed by atoms with E-state index in [-0.39, 0.29) is 0 Å². The number of nitrogens with zero attached hydrogens (tertiary/aromatic N) is 2. The minimum Gasteiger partial charge on any atom is -0.314 e. The second-order valence-corrected chi connectivity index (χ2v) is 6.27. The molecule has 0 saturated carbocycles. The molecule has 2 rings (SSSR count). The van der Waals surface area contributed by atoms with Crippen molar-refractivity contribution >= 4 is 0 Å². The molecule has 3 nitrogen and oxygen atoms in total. The lowest BCUT2D eigenvalue weighted by atomic mass is 9.97. The zero-order valence-corrected chi connectivity index (χ0v) is 12.3. The number of piperidine rings is 1. The molecule has 0 aromatic rings. The fourth-order valence-corrected chi connectivity index (χ4v) is 3.48. The molecule has 0 aromatic heterocycles. The van der Waals surface area contributed by atoms with Gasteiger partial charge >= 0.3 is 0 Å². The van der Waals surface area contributed by atoms with E-state index < -0.39 is 0 Å². The monoisotopic (exact) mass is 253 g/mol. The lowest BCUT2D eigenvalue weighted by Crippen LogP contribution is -2.43. The van der Waals surface area contributed by atoms with Gasteiger partial charge in [-0.25, -0.2) is 0 Å². The summed E-state index contributed by atoms with van der Waals surface area (Å²) in [6.07, 6.45) is 6.77. The Bertz CT molecular complexity index is 232. The number of nitrogens with one attached hydrogen (secondary N) is 1. The van der Waals surface area contributed by atoms with Gasteiger partial charge in [-0.15, -0.1) is 0 Å². The van der Waals surface area contributed by atoms with Crippen LogP contribution in [0.25, 0.3) is 0 Å². The molecule has 0 spiro atoms. The van der Waals surface area contributed by atoms with Crippen molar-refractivity contribution in [1.29, 1.82) is 0 Å². The van der Waals surface area contributed by atoms with Crippen LogP contribution in [0.1, 0.15) is 39.0 Å². The van der Waals surface area contributed by atoms with Gasteiger partial charge in [0.15, 0.2) is 0 Å². The topological polar surface area (TPSA) is 18.5 Å². The second kappa shape index (κ2) is 7.46. The van der Waals surface area contributed by atoms with Gasteiger partial charge in [-0.05, 0) is 71.2 Å². The Labute approximate surface area is 113 Å². The number of rotatable bonds is 3. The third kappa shape index (κ3) is 4.52. The van der Waals surface area contributed by atoms with Gasteiger partial charge in [-0.3, -0.25) is 0 Å². The molecule has 0 amide bonds. The standard InChI is InChI=1S/C15H31N3/c1-3-15-7-11-18(10-5-8-16-15)13-14-6-4-9-17(2)12-14/h14-16H,3-13H2,1-2H3. The molecule has 0 aromatic carbocycles. The molecule has 2 saturated heterocycles. The van der Waals surface area contributed by atoms with Crippen molar-refractivity contribution in [2.24, 2.45) is 5.92 Å². The van der Waals surface area contributed by atoms with Crippen LogP contribution in [0.2, 0.25) is 0 Å². The minimum atomic E-state index is 0.752. The summed E-state index contributed by atoms with van der Waals surface area (Å²) in [5, 5.41) is 3.67. The highest BCUT2D eigenvalue weighted by Gasteiger charge is 2.21. The Morgan fingerprint density at radius 1 is 1.11 bits per heavy atom. The lowest BCUT2D eigenvalue weighted by molar-refractivity contribution is 0.141. The molecule has 2 aliphatic rings. The first-order valence-electron chi connectivity index (χ1n) is 7.92. The molecular formula is C15H31N3. The van der Waals surface area contributed by atoms with Crippen LogP contribution >= 0.6 is 0 Å². The van der Waals surface area contributed by atoms with Gasteiger partial charge < -0.3 is 15.1 Å². The number of hydrogen-bond donors (Lipinski definition) is 1. The highest BCUT2D eigenvalue weighted by atomic mass is 15.2. The van der Waals surface area contributed by atoms with E-state index >= 15 is 0 Å². The third-order valence-electron chi connectivity index (χ3n) is 4.61. The summed E-state index contributed by atoms with van der Waals surface area (Å²) in [6.45, 7) is 10.1. The van der Waals surface area contributed by atoms with E-state index in [4.69, 9.17) is 0 Å². The molecule has 106 valence electrons. The first kappa shape index (κ1) is 14.3. The van der Waals surface area contributed by atoms with Crippen molar-refractivity contribution in [2.75, 3.05) is 46.3 Å². The van der Waals surface area contributed by atoms with E-state index in [1.54, 1.807) is 0 Å². The van der Waals surface area contributed by atoms with Crippen molar-refractivity contribution in [3.8, 4) is 0 Å². The zero-order chi connectivity index (χ0) is 12.8. The van der Waals surface area contributed by atoms with Crippen LogP contribution in [0.15, 0.2) is 0 Å². The Morgan fingerprint density at radius 3 is 2.78 bits per heavy atom. The lowest BCUT2D eigenvalue weighted by Gasteiger charge is -2.35. The van der Waals surface area contributed by atoms with E-state index in [0.717, 1.165) is 12.0 Å². The molecule has 3 heteroatoms. The van der Waals surface area contributed by atoms with Crippen LogP contribution in [0.5, 0.6) is 0 Å². The normalized spacial score (nSPS) is 33.0. The molecule has 0 aliphatic carbocycles. The first-order valence-corrected chi connectivity index (χ1v) is 7.92. The first-order chi connectivity index (χ1) is 8.78. The van der Waals surface area contributed by atoms with E-state index in [1.165, 1.54) is 71.4 Å². The SMILES string of the molecule is CCC1CCN(CC2CCCN(C)C2)CCCN1. The van der Waals surface area contributed by atoms with Crippen LogP contribution in [0.3, 0.4) is 0 Å². The summed E-state index contributed by atoms with van der Waals surface area (Å²) in [5.41, 5.74) is 0. The Balaban J connectivity index is 1.76. The maximum Gasteiger partial charge on any atom is 0.00766 e. The molecule has 2 atom stereocenters. The third-order valence-corrected chi connectivity index (χ3v) is 4.61. The molecule has 2 heterocycles. The van der Waals surface area contributed by atoms with Gasteiger partial charge in [0.25, 0.3) is 0 Å². The number of hydrogen-bond acceptors (Lipinski definition) is 3. The molecule has 18 heavy (non-hydrogen) atoms. The summed E-state index contributed by atoms with van der Waals surface area (Å²) < 4.78 is 0. The summed E-state index contributed by atoms with van der Waals surface area (Å²) in [4.78, 5) is 5.24. The molecule has 2 unspecified atom stereocenters. The van der Waals surface area contributed by atoms with Gasteiger partial charge in [0.05, 0.1) is 0 Å². The van der Waals surface area contributed by atoms with Gasteiger partial charge in [0.1, 0.15) is 0 Å². The molecular weight excluding hydrogens is 222 g/mol. The van der Waals surface area contributed by atoms with Gasteiger partial charge in [-0.2, -0.15) is 0 Å². The van der Waals surface area contributed by atoms with Crippen molar-refractivity contribution in [3.05, 3.63) is 0 Å². The molecule has 0 radical (unpaired) electrons. The second-order valence-electron chi connectivity index (χ2n) is 6.27. The van der Waals surface area contributed by atoms with Crippen LogP contribution in [0.4, 0.5) is 0 Å². The molecule has 1 N–H and O–H groups in total. The summed E-state index contributed by atoms with van der Waals surface area (Å²) in [6, 6.07) is 0.752. The molecule has 2 fully saturated rings. The van der Waals surface area contributed by atoms with E-state index in [9.17, 15) is 0 Å². The highest BCUT2D eigenvalue weighted by Crippen LogP contribution is 2.17. The van der Waals surface area contributed by atoms with Crippen molar-refractivity contribution in [2.45, 2.75) is 45.1 Å². The Kier molecular flexibility index (Phi) is 5.93. The van der Waals surface area contributed by atoms with Gasteiger partial charge in [0, 0.05) is 19.1 Å². The van der Waals surface area contributed by atoms with Crippen LogP contribution < -0.4 is 5.32 Å². The fraction of sp³-hybridized carbons (Fsp3) is 1.00. The van der Waals surface area contributed by atoms with E-state index in [0.29, 0.717) is 0 Å². The van der Waals surface area contributed by atoms with E-state index in [2.05, 4.69) is 29.1 Å². The predicted molar refractivity (Wildman–Crippen MR) is 78.0 cm³/mol. The predicted octanol–water partition coefficient (Wildman–Crippen LogP) is 1.79. The molecule has 2 aliphatic heterocycles. The van der Waals surface area contributed by atoms with Crippen molar-refractivity contribution < 1.29 is 0 Å². The summed E-state index contributed by atoms with van der Waals surface area (Å²) in [7, 11) is 2.27. The summed E-state index contributed by atoms with van der Waals surface area (Å²) in [5.74, 6) is 0.913. The van der Waals surface area contributed by atoms with E-state index in [1.807, 2.05) is 0 Å². The highest BCUT2D eigenvalue weighted by molar-refractivity contribution is 4.77.